The van der Waals surface area contributed by atoms with Crippen molar-refractivity contribution in [1.29, 1.82) is 0 Å². The molecular formula is C14H20ClFN2O2. The molecule has 1 aromatic carbocycles. The van der Waals surface area contributed by atoms with Crippen LogP contribution in [0.5, 0.6) is 5.75 Å². The van der Waals surface area contributed by atoms with Crippen LogP contribution in [0.1, 0.15) is 19.8 Å². The summed E-state index contributed by atoms with van der Waals surface area (Å²) in [6.45, 7) is 3.34. The van der Waals surface area contributed by atoms with Gasteiger partial charge in [-0.15, -0.1) is 12.4 Å². The molecule has 0 aromatic heterocycles. The molecule has 0 aliphatic heterocycles. The van der Waals surface area contributed by atoms with Gasteiger partial charge in [0.05, 0.1) is 13.2 Å². The standard InChI is InChI=1S/C14H19FN2O2.ClH/c1-2-19-13-6-5-11(7-12(13)15)17-14(18)9-16-8-10-3-4-10;/h5-7,10,16H,2-4,8-9H2,1H3,(H,17,18);1H. The van der Waals surface area contributed by atoms with Crippen molar-refractivity contribution in [2.75, 3.05) is 25.0 Å². The van der Waals surface area contributed by atoms with E-state index in [0.717, 1.165) is 12.5 Å². The highest BCUT2D eigenvalue weighted by atomic mass is 35.5. The summed E-state index contributed by atoms with van der Waals surface area (Å²) in [6, 6.07) is 4.42. The smallest absolute Gasteiger partial charge is 0.238 e. The summed E-state index contributed by atoms with van der Waals surface area (Å²) in [6.07, 6.45) is 2.50. The van der Waals surface area contributed by atoms with E-state index < -0.39 is 5.82 Å². The first-order chi connectivity index (χ1) is 9.19. The zero-order valence-corrected chi connectivity index (χ0v) is 12.3. The number of benzene rings is 1. The predicted octanol–water partition coefficient (Wildman–Crippen LogP) is 2.58. The minimum Gasteiger partial charge on any atom is -0.491 e. The molecule has 0 atom stereocenters. The van der Waals surface area contributed by atoms with Gasteiger partial charge in [0.2, 0.25) is 5.91 Å². The fraction of sp³-hybridized carbons (Fsp3) is 0.500. The first-order valence-electron chi connectivity index (χ1n) is 6.62. The lowest BCUT2D eigenvalue weighted by atomic mass is 10.3. The lowest BCUT2D eigenvalue weighted by molar-refractivity contribution is -0.115. The van der Waals surface area contributed by atoms with Crippen LogP contribution in [0, 0.1) is 11.7 Å². The molecule has 112 valence electrons. The molecular weight excluding hydrogens is 283 g/mol. The number of carbonyl (C=O) groups excluding carboxylic acids is 1. The topological polar surface area (TPSA) is 50.4 Å². The normalized spacial score (nSPS) is 13.5. The molecule has 2 rings (SSSR count). The number of anilines is 1. The van der Waals surface area contributed by atoms with E-state index in [0.29, 0.717) is 12.3 Å². The van der Waals surface area contributed by atoms with Gasteiger partial charge in [0.1, 0.15) is 0 Å². The number of hydrogen-bond donors (Lipinski definition) is 2. The molecule has 1 aliphatic rings. The number of hydrogen-bond acceptors (Lipinski definition) is 3. The van der Waals surface area contributed by atoms with Crippen LogP contribution < -0.4 is 15.4 Å². The van der Waals surface area contributed by atoms with Gasteiger partial charge in [-0.1, -0.05) is 0 Å². The fourth-order valence-electron chi connectivity index (χ4n) is 1.77. The molecule has 1 amide bonds. The molecule has 0 saturated heterocycles. The summed E-state index contributed by atoms with van der Waals surface area (Å²) in [4.78, 5) is 11.6. The van der Waals surface area contributed by atoms with Gasteiger partial charge in [-0.3, -0.25) is 4.79 Å². The van der Waals surface area contributed by atoms with Crippen LogP contribution in [0.4, 0.5) is 10.1 Å². The summed E-state index contributed by atoms with van der Waals surface area (Å²) >= 11 is 0. The summed E-state index contributed by atoms with van der Waals surface area (Å²) < 4.78 is 18.7. The molecule has 0 radical (unpaired) electrons. The van der Waals surface area contributed by atoms with Crippen LogP contribution in [0.2, 0.25) is 0 Å². The van der Waals surface area contributed by atoms with E-state index in [1.165, 1.54) is 25.0 Å². The van der Waals surface area contributed by atoms with Crippen molar-refractivity contribution >= 4 is 24.0 Å². The maximum Gasteiger partial charge on any atom is 0.238 e. The maximum absolute atomic E-state index is 13.6. The van der Waals surface area contributed by atoms with Gasteiger partial charge < -0.3 is 15.4 Å². The van der Waals surface area contributed by atoms with Gasteiger partial charge in [-0.25, -0.2) is 4.39 Å². The van der Waals surface area contributed by atoms with Crippen LogP contribution >= 0.6 is 12.4 Å². The number of rotatable bonds is 7. The average Bonchev–Trinajstić information content (AvgIpc) is 3.17. The van der Waals surface area contributed by atoms with Crippen molar-refractivity contribution in [2.45, 2.75) is 19.8 Å². The van der Waals surface area contributed by atoms with Crippen molar-refractivity contribution in [1.82, 2.24) is 5.32 Å². The van der Waals surface area contributed by atoms with Crippen molar-refractivity contribution in [2.24, 2.45) is 5.92 Å². The Labute approximate surface area is 124 Å². The average molecular weight is 303 g/mol. The fourth-order valence-corrected chi connectivity index (χ4v) is 1.77. The Bertz CT molecular complexity index is 453. The van der Waals surface area contributed by atoms with Crippen molar-refractivity contribution in [3.63, 3.8) is 0 Å². The zero-order chi connectivity index (χ0) is 13.7. The van der Waals surface area contributed by atoms with Gasteiger partial charge in [-0.2, -0.15) is 0 Å². The van der Waals surface area contributed by atoms with E-state index in [9.17, 15) is 9.18 Å². The Balaban J connectivity index is 0.00000200. The Hall–Kier alpha value is -1.33. The highest BCUT2D eigenvalue weighted by Crippen LogP contribution is 2.27. The van der Waals surface area contributed by atoms with Crippen LogP contribution in [-0.2, 0) is 4.79 Å². The van der Waals surface area contributed by atoms with Gasteiger partial charge >= 0.3 is 0 Å². The Morgan fingerprint density at radius 2 is 2.20 bits per heavy atom. The Morgan fingerprint density at radius 3 is 2.80 bits per heavy atom. The van der Waals surface area contributed by atoms with Crippen molar-refractivity contribution < 1.29 is 13.9 Å². The Morgan fingerprint density at radius 1 is 1.45 bits per heavy atom. The zero-order valence-electron chi connectivity index (χ0n) is 11.4. The van der Waals surface area contributed by atoms with E-state index >= 15 is 0 Å². The van der Waals surface area contributed by atoms with Gasteiger partial charge in [0, 0.05) is 11.8 Å². The monoisotopic (exact) mass is 302 g/mol. The molecule has 1 aliphatic carbocycles. The van der Waals surface area contributed by atoms with Gasteiger partial charge in [0.15, 0.2) is 11.6 Å². The van der Waals surface area contributed by atoms with E-state index in [1.807, 2.05) is 0 Å². The molecule has 20 heavy (non-hydrogen) atoms. The third kappa shape index (κ3) is 5.35. The molecule has 0 spiro atoms. The third-order valence-corrected chi connectivity index (χ3v) is 2.93. The van der Waals surface area contributed by atoms with E-state index in [-0.39, 0.29) is 30.6 Å². The maximum atomic E-state index is 13.6. The molecule has 2 N–H and O–H groups in total. The third-order valence-electron chi connectivity index (χ3n) is 2.93. The number of ether oxygens (including phenoxy) is 1. The van der Waals surface area contributed by atoms with E-state index in [4.69, 9.17) is 4.74 Å². The molecule has 1 saturated carbocycles. The molecule has 0 bridgehead atoms. The first-order valence-corrected chi connectivity index (χ1v) is 6.62. The minimum absolute atomic E-state index is 0. The number of halogens is 2. The highest BCUT2D eigenvalue weighted by Gasteiger charge is 2.20. The summed E-state index contributed by atoms with van der Waals surface area (Å²) in [5, 5.41) is 5.73. The quantitative estimate of drug-likeness (QED) is 0.814. The van der Waals surface area contributed by atoms with Crippen molar-refractivity contribution in [3.05, 3.63) is 24.0 Å². The predicted molar refractivity (Wildman–Crippen MR) is 79.0 cm³/mol. The minimum atomic E-state index is -0.467. The Kier molecular flexibility index (Phi) is 6.75. The molecule has 4 nitrogen and oxygen atoms in total. The van der Waals surface area contributed by atoms with Crippen LogP contribution in [0.25, 0.3) is 0 Å². The second-order valence-electron chi connectivity index (χ2n) is 4.70. The van der Waals surface area contributed by atoms with Crippen LogP contribution in [0.3, 0.4) is 0 Å². The van der Waals surface area contributed by atoms with Crippen LogP contribution in [-0.4, -0.2) is 25.6 Å². The van der Waals surface area contributed by atoms with E-state index in [2.05, 4.69) is 10.6 Å². The number of carbonyl (C=O) groups is 1. The van der Waals surface area contributed by atoms with Crippen LogP contribution in [0.15, 0.2) is 18.2 Å². The molecule has 0 heterocycles. The molecule has 1 fully saturated rings. The van der Waals surface area contributed by atoms with Crippen molar-refractivity contribution in [3.8, 4) is 5.75 Å². The second-order valence-corrected chi connectivity index (χ2v) is 4.70. The second kappa shape index (κ2) is 8.07. The summed E-state index contributed by atoms with van der Waals surface area (Å²) in [5.74, 6) is 0.304. The number of nitrogens with one attached hydrogen (secondary N) is 2. The first kappa shape index (κ1) is 16.7. The summed E-state index contributed by atoms with van der Waals surface area (Å²) in [7, 11) is 0. The molecule has 6 heteroatoms. The number of amides is 1. The van der Waals surface area contributed by atoms with E-state index in [1.54, 1.807) is 13.0 Å². The van der Waals surface area contributed by atoms with Gasteiger partial charge in [0.25, 0.3) is 0 Å². The highest BCUT2D eigenvalue weighted by molar-refractivity contribution is 5.92. The molecule has 1 aromatic rings. The lowest BCUT2D eigenvalue weighted by Gasteiger charge is -2.09. The SMILES string of the molecule is CCOc1ccc(NC(=O)CNCC2CC2)cc1F.Cl. The van der Waals surface area contributed by atoms with Gasteiger partial charge in [-0.05, 0) is 44.4 Å². The summed E-state index contributed by atoms with van der Waals surface area (Å²) in [5.41, 5.74) is 0.444. The largest absolute Gasteiger partial charge is 0.491 e. The molecule has 0 unspecified atom stereocenters. The lowest BCUT2D eigenvalue weighted by Crippen LogP contribution is -2.29.